The topological polar surface area (TPSA) is 71.5 Å². The minimum Gasteiger partial charge on any atom is -0.474 e. The van der Waals surface area contributed by atoms with Crippen molar-refractivity contribution in [1.29, 1.82) is 0 Å². The summed E-state index contributed by atoms with van der Waals surface area (Å²) in [6.45, 7) is 0. The van der Waals surface area contributed by atoms with Gasteiger partial charge in [0, 0.05) is 18.5 Å². The summed E-state index contributed by atoms with van der Waals surface area (Å²) in [6.07, 6.45) is 2.52. The van der Waals surface area contributed by atoms with Gasteiger partial charge in [-0.2, -0.15) is 0 Å². The van der Waals surface area contributed by atoms with Gasteiger partial charge in [-0.15, -0.1) is 0 Å². The van der Waals surface area contributed by atoms with Gasteiger partial charge in [-0.1, -0.05) is 6.07 Å². The zero-order valence-corrected chi connectivity index (χ0v) is 11.4. The van der Waals surface area contributed by atoms with Crippen LogP contribution in [0, 0.1) is 0 Å². The van der Waals surface area contributed by atoms with E-state index in [0.717, 1.165) is 23.9 Å². The number of nitrogens with zero attached hydrogens (tertiary/aromatic N) is 1. The SMILES string of the molecule is O=C(O)NC1CCC[C@@H](Oc2cccc(Br)n2)C1. The predicted octanol–water partition coefficient (Wildman–Crippen LogP) is 2.80. The molecule has 0 spiro atoms. The van der Waals surface area contributed by atoms with Gasteiger partial charge in [0.25, 0.3) is 0 Å². The molecule has 2 atom stereocenters. The molecule has 5 nitrogen and oxygen atoms in total. The number of carboxylic acid groups (broad SMARTS) is 1. The first kappa shape index (κ1) is 13.1. The van der Waals surface area contributed by atoms with E-state index >= 15 is 0 Å². The highest BCUT2D eigenvalue weighted by Crippen LogP contribution is 2.23. The number of nitrogens with one attached hydrogen (secondary N) is 1. The molecule has 2 rings (SSSR count). The third-order valence-corrected chi connectivity index (χ3v) is 3.37. The Bertz CT molecular complexity index is 428. The van der Waals surface area contributed by atoms with E-state index in [2.05, 4.69) is 26.2 Å². The molecule has 0 aliphatic heterocycles. The molecule has 1 aliphatic carbocycles. The second-order valence-electron chi connectivity index (χ2n) is 4.35. The van der Waals surface area contributed by atoms with Crippen LogP contribution in [0.25, 0.3) is 0 Å². The molecule has 1 heterocycles. The van der Waals surface area contributed by atoms with Crippen molar-refractivity contribution in [3.8, 4) is 5.88 Å². The molecule has 1 amide bonds. The predicted molar refractivity (Wildman–Crippen MR) is 69.8 cm³/mol. The minimum absolute atomic E-state index is 0.0200. The molecule has 1 unspecified atom stereocenters. The number of hydrogen-bond acceptors (Lipinski definition) is 3. The Labute approximate surface area is 114 Å². The van der Waals surface area contributed by atoms with Crippen LogP contribution in [0.5, 0.6) is 5.88 Å². The third-order valence-electron chi connectivity index (χ3n) is 2.93. The lowest BCUT2D eigenvalue weighted by molar-refractivity contribution is 0.125. The van der Waals surface area contributed by atoms with Crippen molar-refractivity contribution in [1.82, 2.24) is 10.3 Å². The molecular formula is C12H15BrN2O3. The summed E-state index contributed by atoms with van der Waals surface area (Å²) in [5.74, 6) is 0.574. The van der Waals surface area contributed by atoms with Gasteiger partial charge >= 0.3 is 6.09 Å². The van der Waals surface area contributed by atoms with E-state index in [9.17, 15) is 4.79 Å². The van der Waals surface area contributed by atoms with Crippen LogP contribution in [0.4, 0.5) is 4.79 Å². The Morgan fingerprint density at radius 1 is 1.50 bits per heavy atom. The average Bonchev–Trinajstić information content (AvgIpc) is 2.28. The Morgan fingerprint density at radius 3 is 3.06 bits per heavy atom. The fourth-order valence-electron chi connectivity index (χ4n) is 2.18. The van der Waals surface area contributed by atoms with Crippen molar-refractivity contribution in [2.75, 3.05) is 0 Å². The molecule has 1 aliphatic rings. The molecular weight excluding hydrogens is 300 g/mol. The molecule has 2 N–H and O–H groups in total. The Balaban J connectivity index is 1.91. The van der Waals surface area contributed by atoms with Crippen LogP contribution >= 0.6 is 15.9 Å². The minimum atomic E-state index is -0.971. The number of hydrogen-bond donors (Lipinski definition) is 2. The number of ether oxygens (including phenoxy) is 1. The summed E-state index contributed by atoms with van der Waals surface area (Å²) in [7, 11) is 0. The maximum Gasteiger partial charge on any atom is 0.404 e. The first-order chi connectivity index (χ1) is 8.63. The summed E-state index contributed by atoms with van der Waals surface area (Å²) in [5, 5.41) is 11.2. The van der Waals surface area contributed by atoms with Gasteiger partial charge in [-0.05, 0) is 41.3 Å². The molecule has 0 saturated heterocycles. The van der Waals surface area contributed by atoms with E-state index in [1.54, 1.807) is 6.07 Å². The number of rotatable bonds is 3. The highest BCUT2D eigenvalue weighted by molar-refractivity contribution is 9.10. The molecule has 1 aromatic heterocycles. The molecule has 1 fully saturated rings. The molecule has 0 aromatic carbocycles. The van der Waals surface area contributed by atoms with Crippen LogP contribution in [0.2, 0.25) is 0 Å². The maximum absolute atomic E-state index is 10.6. The van der Waals surface area contributed by atoms with Gasteiger partial charge in [0.1, 0.15) is 10.7 Å². The summed E-state index contributed by atoms with van der Waals surface area (Å²) in [4.78, 5) is 14.8. The molecule has 6 heteroatoms. The van der Waals surface area contributed by atoms with Crippen molar-refractivity contribution in [2.24, 2.45) is 0 Å². The van der Waals surface area contributed by atoms with Gasteiger partial charge in [0.05, 0.1) is 0 Å². The maximum atomic E-state index is 10.6. The fourth-order valence-corrected chi connectivity index (χ4v) is 2.51. The third kappa shape index (κ3) is 3.87. The van der Waals surface area contributed by atoms with Crippen LogP contribution < -0.4 is 10.1 Å². The number of amides is 1. The van der Waals surface area contributed by atoms with Crippen molar-refractivity contribution < 1.29 is 14.6 Å². The molecule has 0 radical (unpaired) electrons. The van der Waals surface area contributed by atoms with Crippen molar-refractivity contribution in [3.05, 3.63) is 22.8 Å². The quantitative estimate of drug-likeness (QED) is 0.842. The first-order valence-corrected chi connectivity index (χ1v) is 6.71. The highest BCUT2D eigenvalue weighted by atomic mass is 79.9. The van der Waals surface area contributed by atoms with Crippen molar-refractivity contribution >= 4 is 22.0 Å². The molecule has 1 aromatic rings. The van der Waals surface area contributed by atoms with Crippen LogP contribution in [-0.4, -0.2) is 28.3 Å². The first-order valence-electron chi connectivity index (χ1n) is 5.92. The van der Waals surface area contributed by atoms with E-state index in [0.29, 0.717) is 12.3 Å². The summed E-state index contributed by atoms with van der Waals surface area (Å²) in [5.41, 5.74) is 0. The zero-order valence-electron chi connectivity index (χ0n) is 9.80. The van der Waals surface area contributed by atoms with Gasteiger partial charge in [0.15, 0.2) is 0 Å². The average molecular weight is 315 g/mol. The summed E-state index contributed by atoms with van der Waals surface area (Å²) >= 11 is 3.29. The highest BCUT2D eigenvalue weighted by Gasteiger charge is 2.24. The normalized spacial score (nSPS) is 23.4. The summed E-state index contributed by atoms with van der Waals surface area (Å²) < 4.78 is 6.51. The van der Waals surface area contributed by atoms with Crippen LogP contribution in [0.15, 0.2) is 22.8 Å². The standard InChI is InChI=1S/C12H15BrN2O3/c13-10-5-2-6-11(15-10)18-9-4-1-3-8(7-9)14-12(16)17/h2,5-6,8-9,14H,1,3-4,7H2,(H,16,17)/t8?,9-/m1/s1. The number of aromatic nitrogens is 1. The molecule has 1 saturated carbocycles. The second-order valence-corrected chi connectivity index (χ2v) is 5.16. The van der Waals surface area contributed by atoms with Gasteiger partial charge in [0.2, 0.25) is 5.88 Å². The largest absolute Gasteiger partial charge is 0.474 e. The van der Waals surface area contributed by atoms with E-state index in [-0.39, 0.29) is 12.1 Å². The van der Waals surface area contributed by atoms with Gasteiger partial charge in [-0.25, -0.2) is 9.78 Å². The summed E-state index contributed by atoms with van der Waals surface area (Å²) in [6, 6.07) is 5.48. The molecule has 0 bridgehead atoms. The van der Waals surface area contributed by atoms with Crippen LogP contribution in [0.1, 0.15) is 25.7 Å². The van der Waals surface area contributed by atoms with E-state index in [1.165, 1.54) is 0 Å². The Morgan fingerprint density at radius 2 is 2.33 bits per heavy atom. The zero-order chi connectivity index (χ0) is 13.0. The van der Waals surface area contributed by atoms with Gasteiger partial charge in [-0.3, -0.25) is 0 Å². The van der Waals surface area contributed by atoms with E-state index in [4.69, 9.17) is 9.84 Å². The Kier molecular flexibility index (Phi) is 4.41. The van der Waals surface area contributed by atoms with Crippen molar-refractivity contribution in [2.45, 2.75) is 37.8 Å². The lowest BCUT2D eigenvalue weighted by atomic mass is 9.93. The monoisotopic (exact) mass is 314 g/mol. The lowest BCUT2D eigenvalue weighted by Crippen LogP contribution is -2.40. The Hall–Kier alpha value is -1.30. The van der Waals surface area contributed by atoms with Crippen LogP contribution in [0.3, 0.4) is 0 Å². The lowest BCUT2D eigenvalue weighted by Gasteiger charge is -2.29. The molecule has 98 valence electrons. The van der Waals surface area contributed by atoms with Gasteiger partial charge < -0.3 is 15.2 Å². The van der Waals surface area contributed by atoms with E-state index in [1.807, 2.05) is 12.1 Å². The fraction of sp³-hybridized carbons (Fsp3) is 0.500. The number of pyridine rings is 1. The van der Waals surface area contributed by atoms with Crippen LogP contribution in [-0.2, 0) is 0 Å². The van der Waals surface area contributed by atoms with Crippen molar-refractivity contribution in [3.63, 3.8) is 0 Å². The smallest absolute Gasteiger partial charge is 0.404 e. The number of carbonyl (C=O) groups is 1. The molecule has 18 heavy (non-hydrogen) atoms. The number of halogens is 1. The van der Waals surface area contributed by atoms with E-state index < -0.39 is 6.09 Å². The second kappa shape index (κ2) is 6.04.